The molecule has 1 atom stereocenters. The highest BCUT2D eigenvalue weighted by atomic mass is 16.5. The maximum Gasteiger partial charge on any atom is 0.407 e. The first-order valence-corrected chi connectivity index (χ1v) is 11.0. The number of carbonyl (C=O) groups excluding carboxylic acids is 4. The summed E-state index contributed by atoms with van der Waals surface area (Å²) < 4.78 is 10.2. The van der Waals surface area contributed by atoms with Gasteiger partial charge in [0.2, 0.25) is 11.8 Å². The molecule has 0 spiro atoms. The highest BCUT2D eigenvalue weighted by molar-refractivity contribution is 5.90. The van der Waals surface area contributed by atoms with E-state index in [2.05, 4.69) is 16.0 Å². The fraction of sp³-hybridized carbons (Fsp3) is 0.360. The zero-order chi connectivity index (χ0) is 24.8. The lowest BCUT2D eigenvalue weighted by molar-refractivity contribution is -0.145. The Labute approximate surface area is 199 Å². The van der Waals surface area contributed by atoms with Crippen molar-refractivity contribution in [2.24, 2.45) is 5.92 Å². The van der Waals surface area contributed by atoms with Crippen molar-refractivity contribution in [1.29, 1.82) is 0 Å². The van der Waals surface area contributed by atoms with Crippen LogP contribution in [0.4, 0.5) is 4.79 Å². The molecule has 0 bridgehead atoms. The predicted molar refractivity (Wildman–Crippen MR) is 125 cm³/mol. The number of nitrogens with one attached hydrogen (secondary N) is 3. The lowest BCUT2D eigenvalue weighted by atomic mass is 10.0. The molecule has 0 unspecified atom stereocenters. The van der Waals surface area contributed by atoms with Crippen molar-refractivity contribution in [3.8, 4) is 0 Å². The normalized spacial score (nSPS) is 11.3. The monoisotopic (exact) mass is 469 g/mol. The van der Waals surface area contributed by atoms with Crippen LogP contribution in [0.5, 0.6) is 0 Å². The van der Waals surface area contributed by atoms with Crippen LogP contribution >= 0.6 is 0 Å². The molecule has 0 aliphatic heterocycles. The molecule has 2 aromatic rings. The van der Waals surface area contributed by atoms with Gasteiger partial charge in [0, 0.05) is 0 Å². The zero-order valence-electron chi connectivity index (χ0n) is 19.4. The molecule has 3 amide bonds. The fourth-order valence-electron chi connectivity index (χ4n) is 2.95. The molecule has 2 aromatic carbocycles. The van der Waals surface area contributed by atoms with Crippen LogP contribution in [-0.4, -0.2) is 43.0 Å². The Morgan fingerprint density at radius 2 is 1.32 bits per heavy atom. The van der Waals surface area contributed by atoms with E-state index in [0.717, 1.165) is 11.1 Å². The van der Waals surface area contributed by atoms with Crippen LogP contribution in [0.15, 0.2) is 60.7 Å². The number of amides is 3. The highest BCUT2D eigenvalue weighted by Crippen LogP contribution is 2.05. The molecule has 0 saturated carbocycles. The van der Waals surface area contributed by atoms with Crippen LogP contribution in [0.25, 0.3) is 0 Å². The van der Waals surface area contributed by atoms with E-state index in [1.54, 1.807) is 0 Å². The standard InChI is InChI=1S/C25H31N3O6/c1-18(2)13-21(24(31)26-15-23(30)33-16-19-9-5-3-6-10-19)28-22(29)14-27-25(32)34-17-20-11-7-4-8-12-20/h3-12,18,21H,13-17H2,1-2H3,(H,26,31)(H,27,32)(H,28,29)/t21-/m0/s1. The Morgan fingerprint density at radius 1 is 0.765 bits per heavy atom. The molecule has 0 aliphatic rings. The third-order valence-electron chi connectivity index (χ3n) is 4.61. The minimum Gasteiger partial charge on any atom is -0.460 e. The van der Waals surface area contributed by atoms with Gasteiger partial charge in [-0.15, -0.1) is 0 Å². The van der Waals surface area contributed by atoms with Gasteiger partial charge in [0.25, 0.3) is 0 Å². The number of rotatable bonds is 12. The van der Waals surface area contributed by atoms with Crippen molar-refractivity contribution in [1.82, 2.24) is 16.0 Å². The van der Waals surface area contributed by atoms with Crippen LogP contribution in [0, 0.1) is 5.92 Å². The van der Waals surface area contributed by atoms with E-state index in [1.165, 1.54) is 0 Å². The van der Waals surface area contributed by atoms with Crippen LogP contribution in [-0.2, 0) is 37.1 Å². The van der Waals surface area contributed by atoms with Crippen molar-refractivity contribution >= 4 is 23.9 Å². The molecule has 0 saturated heterocycles. The third-order valence-corrected chi connectivity index (χ3v) is 4.61. The first-order chi connectivity index (χ1) is 16.3. The van der Waals surface area contributed by atoms with Gasteiger partial charge in [0.15, 0.2) is 0 Å². The maximum atomic E-state index is 12.5. The quantitative estimate of drug-likeness (QED) is 0.410. The first kappa shape index (κ1) is 26.4. The second-order valence-electron chi connectivity index (χ2n) is 8.03. The van der Waals surface area contributed by atoms with E-state index in [-0.39, 0.29) is 32.2 Å². The molecule has 0 fully saturated rings. The molecule has 3 N–H and O–H groups in total. The van der Waals surface area contributed by atoms with E-state index >= 15 is 0 Å². The van der Waals surface area contributed by atoms with E-state index in [1.807, 2.05) is 74.5 Å². The molecule has 2 rings (SSSR count). The zero-order valence-corrected chi connectivity index (χ0v) is 19.4. The topological polar surface area (TPSA) is 123 Å². The van der Waals surface area contributed by atoms with Crippen molar-refractivity contribution in [3.05, 3.63) is 71.8 Å². The number of hydrogen-bond donors (Lipinski definition) is 3. The fourth-order valence-corrected chi connectivity index (χ4v) is 2.95. The molecule has 0 radical (unpaired) electrons. The minimum atomic E-state index is -0.864. The maximum absolute atomic E-state index is 12.5. The summed E-state index contributed by atoms with van der Waals surface area (Å²) in [6.07, 6.45) is -0.389. The van der Waals surface area contributed by atoms with E-state index in [0.29, 0.717) is 6.42 Å². The number of hydrogen-bond acceptors (Lipinski definition) is 6. The molecule has 34 heavy (non-hydrogen) atoms. The van der Waals surface area contributed by atoms with Gasteiger partial charge in [-0.2, -0.15) is 0 Å². The summed E-state index contributed by atoms with van der Waals surface area (Å²) in [5.41, 5.74) is 1.65. The molecule has 0 heterocycles. The van der Waals surface area contributed by atoms with E-state index in [4.69, 9.17) is 9.47 Å². The number of esters is 1. The SMILES string of the molecule is CC(C)C[C@H](NC(=O)CNC(=O)OCc1ccccc1)C(=O)NCC(=O)OCc1ccccc1. The predicted octanol–water partition coefficient (Wildman–Crippen LogP) is 2.30. The summed E-state index contributed by atoms with van der Waals surface area (Å²) in [5, 5.41) is 7.43. The average molecular weight is 470 g/mol. The van der Waals surface area contributed by atoms with Gasteiger partial charge in [-0.05, 0) is 23.5 Å². The third kappa shape index (κ3) is 10.6. The van der Waals surface area contributed by atoms with E-state index in [9.17, 15) is 19.2 Å². The summed E-state index contributed by atoms with van der Waals surface area (Å²) in [7, 11) is 0. The van der Waals surface area contributed by atoms with Gasteiger partial charge in [-0.1, -0.05) is 74.5 Å². The van der Waals surface area contributed by atoms with E-state index < -0.39 is 29.9 Å². The molecule has 9 heteroatoms. The molecule has 9 nitrogen and oxygen atoms in total. The molecular formula is C25H31N3O6. The second kappa shape index (κ2) is 14.3. The second-order valence-corrected chi connectivity index (χ2v) is 8.03. The Balaban J connectivity index is 1.73. The Morgan fingerprint density at radius 3 is 1.88 bits per heavy atom. The summed E-state index contributed by atoms with van der Waals surface area (Å²) in [4.78, 5) is 48.6. The van der Waals surface area contributed by atoms with Crippen molar-refractivity contribution in [2.75, 3.05) is 13.1 Å². The van der Waals surface area contributed by atoms with Crippen molar-refractivity contribution in [2.45, 2.75) is 39.5 Å². The highest BCUT2D eigenvalue weighted by Gasteiger charge is 2.23. The van der Waals surface area contributed by atoms with Crippen molar-refractivity contribution < 1.29 is 28.7 Å². The van der Waals surface area contributed by atoms with Gasteiger partial charge in [0.05, 0.1) is 0 Å². The number of alkyl carbamates (subject to hydrolysis) is 1. The first-order valence-electron chi connectivity index (χ1n) is 11.0. The molecule has 182 valence electrons. The number of benzene rings is 2. The summed E-state index contributed by atoms with van der Waals surface area (Å²) in [5.74, 6) is -1.55. The smallest absolute Gasteiger partial charge is 0.407 e. The Hall–Kier alpha value is -3.88. The Kier molecular flexibility index (Phi) is 11.1. The largest absolute Gasteiger partial charge is 0.460 e. The molecular weight excluding hydrogens is 438 g/mol. The molecule has 0 aliphatic carbocycles. The van der Waals surface area contributed by atoms with Gasteiger partial charge in [-0.25, -0.2) is 4.79 Å². The number of carbonyl (C=O) groups is 4. The van der Waals surface area contributed by atoms with Gasteiger partial charge in [-0.3, -0.25) is 14.4 Å². The average Bonchev–Trinajstić information content (AvgIpc) is 2.84. The summed E-state index contributed by atoms with van der Waals surface area (Å²) in [6, 6.07) is 17.4. The molecule has 0 aromatic heterocycles. The lowest BCUT2D eigenvalue weighted by Gasteiger charge is -2.20. The van der Waals surface area contributed by atoms with Gasteiger partial charge < -0.3 is 25.4 Å². The lowest BCUT2D eigenvalue weighted by Crippen LogP contribution is -2.50. The number of ether oxygens (including phenoxy) is 2. The summed E-state index contributed by atoms with van der Waals surface area (Å²) in [6.45, 7) is 3.31. The van der Waals surface area contributed by atoms with Gasteiger partial charge in [0.1, 0.15) is 32.3 Å². The van der Waals surface area contributed by atoms with Gasteiger partial charge >= 0.3 is 12.1 Å². The van der Waals surface area contributed by atoms with Crippen LogP contribution < -0.4 is 16.0 Å². The van der Waals surface area contributed by atoms with Crippen LogP contribution in [0.2, 0.25) is 0 Å². The van der Waals surface area contributed by atoms with Crippen LogP contribution in [0.1, 0.15) is 31.4 Å². The van der Waals surface area contributed by atoms with Crippen LogP contribution in [0.3, 0.4) is 0 Å². The minimum absolute atomic E-state index is 0.0764. The summed E-state index contributed by atoms with van der Waals surface area (Å²) >= 11 is 0. The Bertz CT molecular complexity index is 934. The van der Waals surface area contributed by atoms with Crippen molar-refractivity contribution in [3.63, 3.8) is 0 Å².